The molecular formula is C22H29N3O2. The van der Waals surface area contributed by atoms with Crippen LogP contribution in [-0.2, 0) is 11.4 Å². The molecule has 5 heteroatoms. The van der Waals surface area contributed by atoms with Crippen LogP contribution in [0.5, 0.6) is 0 Å². The molecule has 0 atom stereocenters. The highest BCUT2D eigenvalue weighted by atomic mass is 16.3. The maximum atomic E-state index is 12.8. The van der Waals surface area contributed by atoms with Crippen molar-refractivity contribution in [1.29, 1.82) is 0 Å². The van der Waals surface area contributed by atoms with Crippen molar-refractivity contribution in [2.24, 2.45) is 5.92 Å². The van der Waals surface area contributed by atoms with E-state index in [0.717, 1.165) is 55.7 Å². The summed E-state index contributed by atoms with van der Waals surface area (Å²) in [5.41, 5.74) is 3.03. The molecule has 144 valence electrons. The molecule has 2 fully saturated rings. The number of benzene rings is 1. The van der Waals surface area contributed by atoms with E-state index in [0.29, 0.717) is 11.8 Å². The highest BCUT2D eigenvalue weighted by Crippen LogP contribution is 2.34. The zero-order valence-electron chi connectivity index (χ0n) is 15.9. The van der Waals surface area contributed by atoms with E-state index in [1.165, 1.54) is 19.3 Å². The zero-order valence-corrected chi connectivity index (χ0v) is 15.9. The molecule has 27 heavy (non-hydrogen) atoms. The lowest BCUT2D eigenvalue weighted by Crippen LogP contribution is -2.42. The van der Waals surface area contributed by atoms with E-state index in [-0.39, 0.29) is 12.5 Å². The summed E-state index contributed by atoms with van der Waals surface area (Å²) < 4.78 is 1.97. The van der Waals surface area contributed by atoms with Gasteiger partial charge in [0.2, 0.25) is 5.91 Å². The number of rotatable bonds is 4. The fourth-order valence-electron chi connectivity index (χ4n) is 4.70. The lowest BCUT2D eigenvalue weighted by Gasteiger charge is -2.35. The van der Waals surface area contributed by atoms with Gasteiger partial charge in [0.25, 0.3) is 0 Å². The standard InChI is InChI=1S/C22H29N3O2/c26-16-19-15-23-25(20-9-5-2-6-10-20)21(19)17-11-13-24(14-12-17)22(27)18-7-3-1-4-8-18/h2,5-6,9-10,15,17-18,26H,1,3-4,7-8,11-14,16H2. The van der Waals surface area contributed by atoms with Gasteiger partial charge in [0.15, 0.2) is 0 Å². The Labute approximate surface area is 161 Å². The molecule has 5 nitrogen and oxygen atoms in total. The first-order valence-electron chi connectivity index (χ1n) is 10.3. The van der Waals surface area contributed by atoms with Crippen LogP contribution in [0.2, 0.25) is 0 Å². The number of piperidine rings is 1. The molecule has 0 radical (unpaired) electrons. The summed E-state index contributed by atoms with van der Waals surface area (Å²) >= 11 is 0. The van der Waals surface area contributed by atoms with Crippen LogP contribution in [0.3, 0.4) is 0 Å². The van der Waals surface area contributed by atoms with Gasteiger partial charge in [-0.25, -0.2) is 4.68 Å². The Morgan fingerprint density at radius 1 is 1.04 bits per heavy atom. The summed E-state index contributed by atoms with van der Waals surface area (Å²) in [6, 6.07) is 10.1. The summed E-state index contributed by atoms with van der Waals surface area (Å²) in [7, 11) is 0. The second-order valence-electron chi connectivity index (χ2n) is 7.90. The van der Waals surface area contributed by atoms with Gasteiger partial charge in [-0.05, 0) is 37.8 Å². The van der Waals surface area contributed by atoms with Crippen LogP contribution in [0.1, 0.15) is 62.1 Å². The second-order valence-corrected chi connectivity index (χ2v) is 7.90. The molecule has 1 saturated heterocycles. The van der Waals surface area contributed by atoms with Crippen molar-refractivity contribution in [3.05, 3.63) is 47.8 Å². The lowest BCUT2D eigenvalue weighted by atomic mass is 9.86. The average Bonchev–Trinajstić information content (AvgIpc) is 3.19. The molecule has 1 aromatic heterocycles. The highest BCUT2D eigenvalue weighted by Gasteiger charge is 2.31. The van der Waals surface area contributed by atoms with E-state index in [1.54, 1.807) is 6.20 Å². The van der Waals surface area contributed by atoms with Gasteiger partial charge in [-0.2, -0.15) is 5.10 Å². The topological polar surface area (TPSA) is 58.4 Å². The maximum absolute atomic E-state index is 12.8. The molecule has 1 amide bonds. The van der Waals surface area contributed by atoms with Crippen molar-refractivity contribution in [3.63, 3.8) is 0 Å². The van der Waals surface area contributed by atoms with E-state index in [1.807, 2.05) is 35.0 Å². The van der Waals surface area contributed by atoms with Crippen molar-refractivity contribution < 1.29 is 9.90 Å². The Morgan fingerprint density at radius 2 is 1.74 bits per heavy atom. The molecule has 1 aliphatic carbocycles. The highest BCUT2D eigenvalue weighted by molar-refractivity contribution is 5.79. The minimum atomic E-state index is 0.00336. The third-order valence-electron chi connectivity index (χ3n) is 6.21. The number of carbonyl (C=O) groups excluding carboxylic acids is 1. The van der Waals surface area contributed by atoms with Gasteiger partial charge in [-0.15, -0.1) is 0 Å². The van der Waals surface area contributed by atoms with E-state index >= 15 is 0 Å². The molecule has 4 rings (SSSR count). The van der Waals surface area contributed by atoms with Gasteiger partial charge in [0.1, 0.15) is 0 Å². The van der Waals surface area contributed by atoms with Crippen LogP contribution >= 0.6 is 0 Å². The van der Waals surface area contributed by atoms with Crippen molar-refractivity contribution in [3.8, 4) is 5.69 Å². The first kappa shape index (κ1) is 18.2. The fraction of sp³-hybridized carbons (Fsp3) is 0.545. The van der Waals surface area contributed by atoms with Crippen molar-refractivity contribution in [1.82, 2.24) is 14.7 Å². The summed E-state index contributed by atoms with van der Waals surface area (Å²) in [6.07, 6.45) is 9.45. The normalized spacial score (nSPS) is 19.4. The number of likely N-dealkylation sites (tertiary alicyclic amines) is 1. The molecule has 2 heterocycles. The zero-order chi connectivity index (χ0) is 18.6. The smallest absolute Gasteiger partial charge is 0.225 e. The number of carbonyl (C=O) groups is 1. The van der Waals surface area contributed by atoms with E-state index in [2.05, 4.69) is 10.00 Å². The molecular weight excluding hydrogens is 338 g/mol. The molecule has 1 aromatic carbocycles. The molecule has 2 aromatic rings. The number of nitrogens with zero attached hydrogens (tertiary/aromatic N) is 3. The molecule has 1 aliphatic heterocycles. The quantitative estimate of drug-likeness (QED) is 0.897. The summed E-state index contributed by atoms with van der Waals surface area (Å²) in [5.74, 6) is 0.940. The largest absolute Gasteiger partial charge is 0.392 e. The number of aliphatic hydroxyl groups is 1. The first-order valence-corrected chi connectivity index (χ1v) is 10.3. The SMILES string of the molecule is O=C(C1CCCCC1)N1CCC(c2c(CO)cnn2-c2ccccc2)CC1. The number of para-hydroxylation sites is 1. The Kier molecular flexibility index (Phi) is 5.58. The molecule has 2 aliphatic rings. The predicted octanol–water partition coefficient (Wildman–Crippen LogP) is 3.65. The van der Waals surface area contributed by atoms with E-state index < -0.39 is 0 Å². The van der Waals surface area contributed by atoms with Gasteiger partial charge >= 0.3 is 0 Å². The summed E-state index contributed by atoms with van der Waals surface area (Å²) in [4.78, 5) is 14.9. The third kappa shape index (κ3) is 3.79. The molecule has 0 unspecified atom stereocenters. The molecule has 1 saturated carbocycles. The Bertz CT molecular complexity index is 757. The van der Waals surface area contributed by atoms with Gasteiger partial charge in [0, 0.05) is 30.5 Å². The Hall–Kier alpha value is -2.14. The average molecular weight is 367 g/mol. The lowest BCUT2D eigenvalue weighted by molar-refractivity contribution is -0.137. The van der Waals surface area contributed by atoms with Crippen LogP contribution in [-0.4, -0.2) is 38.8 Å². The summed E-state index contributed by atoms with van der Waals surface area (Å²) in [6.45, 7) is 1.62. The Balaban J connectivity index is 1.48. The van der Waals surface area contributed by atoms with Crippen molar-refractivity contribution in [2.75, 3.05) is 13.1 Å². The predicted molar refractivity (Wildman–Crippen MR) is 105 cm³/mol. The van der Waals surface area contributed by atoms with Crippen LogP contribution in [0.25, 0.3) is 5.69 Å². The molecule has 0 spiro atoms. The van der Waals surface area contributed by atoms with Crippen molar-refractivity contribution in [2.45, 2.75) is 57.5 Å². The Morgan fingerprint density at radius 3 is 2.41 bits per heavy atom. The number of hydrogen-bond acceptors (Lipinski definition) is 3. The van der Waals surface area contributed by atoms with Gasteiger partial charge < -0.3 is 10.0 Å². The number of amides is 1. The fourth-order valence-corrected chi connectivity index (χ4v) is 4.70. The number of aliphatic hydroxyl groups excluding tert-OH is 1. The van der Waals surface area contributed by atoms with Crippen LogP contribution < -0.4 is 0 Å². The van der Waals surface area contributed by atoms with Crippen molar-refractivity contribution >= 4 is 5.91 Å². The number of hydrogen-bond donors (Lipinski definition) is 1. The number of aromatic nitrogens is 2. The molecule has 0 bridgehead atoms. The van der Waals surface area contributed by atoms with E-state index in [9.17, 15) is 9.90 Å². The minimum absolute atomic E-state index is 0.00336. The summed E-state index contributed by atoms with van der Waals surface area (Å²) in [5, 5.41) is 14.3. The second kappa shape index (κ2) is 8.26. The van der Waals surface area contributed by atoms with Gasteiger partial charge in [0.05, 0.1) is 24.2 Å². The minimum Gasteiger partial charge on any atom is -0.392 e. The van der Waals surface area contributed by atoms with Crippen LogP contribution in [0.15, 0.2) is 36.5 Å². The maximum Gasteiger partial charge on any atom is 0.225 e. The van der Waals surface area contributed by atoms with E-state index in [4.69, 9.17) is 0 Å². The first-order chi connectivity index (χ1) is 13.3. The third-order valence-corrected chi connectivity index (χ3v) is 6.21. The van der Waals surface area contributed by atoms with Gasteiger partial charge in [-0.1, -0.05) is 37.5 Å². The van der Waals surface area contributed by atoms with Gasteiger partial charge in [-0.3, -0.25) is 4.79 Å². The monoisotopic (exact) mass is 367 g/mol. The molecule has 1 N–H and O–H groups in total. The van der Waals surface area contributed by atoms with Crippen LogP contribution in [0, 0.1) is 5.92 Å². The van der Waals surface area contributed by atoms with Crippen LogP contribution in [0.4, 0.5) is 0 Å².